The Kier molecular flexibility index (Phi) is 6.55. The van der Waals surface area contributed by atoms with Crippen LogP contribution in [0.25, 0.3) is 0 Å². The van der Waals surface area contributed by atoms with Crippen molar-refractivity contribution in [2.45, 2.75) is 26.4 Å². The van der Waals surface area contributed by atoms with Gasteiger partial charge in [-0.25, -0.2) is 0 Å². The monoisotopic (exact) mass is 409 g/mol. The number of piperazine rings is 1. The summed E-state index contributed by atoms with van der Waals surface area (Å²) in [7, 11) is 0. The number of ether oxygens (including phenoxy) is 2. The Morgan fingerprint density at radius 2 is 1.70 bits per heavy atom. The second-order valence-electron chi connectivity index (χ2n) is 8.17. The van der Waals surface area contributed by atoms with Crippen molar-refractivity contribution in [3.63, 3.8) is 0 Å². The van der Waals surface area contributed by atoms with Crippen LogP contribution in [0, 0.1) is 6.92 Å². The van der Waals surface area contributed by atoms with Crippen LogP contribution in [0.2, 0.25) is 0 Å². The third kappa shape index (κ3) is 5.12. The summed E-state index contributed by atoms with van der Waals surface area (Å²) in [6, 6.07) is 14.4. The second kappa shape index (κ2) is 9.49. The van der Waals surface area contributed by atoms with Crippen molar-refractivity contribution in [2.75, 3.05) is 45.9 Å². The molecule has 1 saturated heterocycles. The maximum Gasteiger partial charge on any atom is 0.234 e. The van der Waals surface area contributed by atoms with Crippen molar-refractivity contribution in [1.82, 2.24) is 15.1 Å². The highest BCUT2D eigenvalue weighted by atomic mass is 16.6. The van der Waals surface area contributed by atoms with E-state index < -0.39 is 0 Å². The van der Waals surface area contributed by atoms with Crippen LogP contribution in [0.4, 0.5) is 0 Å². The van der Waals surface area contributed by atoms with E-state index in [0.717, 1.165) is 49.8 Å². The molecule has 2 aromatic rings. The first-order valence-corrected chi connectivity index (χ1v) is 10.8. The van der Waals surface area contributed by atoms with Crippen molar-refractivity contribution in [3.8, 4) is 11.5 Å². The van der Waals surface area contributed by atoms with Gasteiger partial charge in [-0.3, -0.25) is 14.6 Å². The van der Waals surface area contributed by atoms with Crippen LogP contribution in [0.1, 0.15) is 29.7 Å². The van der Waals surface area contributed by atoms with Gasteiger partial charge in [-0.15, -0.1) is 0 Å². The van der Waals surface area contributed by atoms with E-state index in [4.69, 9.17) is 9.47 Å². The molecular formula is C24H31N3O3. The summed E-state index contributed by atoms with van der Waals surface area (Å²) in [4.78, 5) is 17.3. The lowest BCUT2D eigenvalue weighted by Gasteiger charge is -2.34. The molecule has 0 aliphatic carbocycles. The summed E-state index contributed by atoms with van der Waals surface area (Å²) in [6.07, 6.45) is 0. The number of benzene rings is 2. The number of nitrogens with one attached hydrogen (secondary N) is 1. The molecule has 0 unspecified atom stereocenters. The minimum Gasteiger partial charge on any atom is -0.486 e. The molecule has 0 saturated carbocycles. The van der Waals surface area contributed by atoms with Crippen LogP contribution in [-0.2, 0) is 11.3 Å². The van der Waals surface area contributed by atoms with Gasteiger partial charge >= 0.3 is 0 Å². The molecule has 6 heteroatoms. The number of hydrogen-bond acceptors (Lipinski definition) is 5. The minimum absolute atomic E-state index is 0.0599. The average molecular weight is 410 g/mol. The van der Waals surface area contributed by atoms with Crippen molar-refractivity contribution < 1.29 is 14.3 Å². The molecule has 30 heavy (non-hydrogen) atoms. The number of fused-ring (bicyclic) bond motifs is 1. The quantitative estimate of drug-likeness (QED) is 0.795. The van der Waals surface area contributed by atoms with Crippen LogP contribution in [0.3, 0.4) is 0 Å². The molecule has 1 fully saturated rings. The van der Waals surface area contributed by atoms with Crippen molar-refractivity contribution in [1.29, 1.82) is 0 Å². The molecule has 2 aliphatic heterocycles. The highest BCUT2D eigenvalue weighted by Gasteiger charge is 2.21. The topological polar surface area (TPSA) is 54.0 Å². The van der Waals surface area contributed by atoms with Gasteiger partial charge in [0.15, 0.2) is 11.5 Å². The molecule has 1 N–H and O–H groups in total. The second-order valence-corrected chi connectivity index (χ2v) is 8.17. The lowest BCUT2D eigenvalue weighted by Crippen LogP contribution is -2.49. The third-order valence-corrected chi connectivity index (χ3v) is 5.93. The van der Waals surface area contributed by atoms with Gasteiger partial charge in [0, 0.05) is 32.7 Å². The summed E-state index contributed by atoms with van der Waals surface area (Å²) in [6.45, 7) is 10.5. The van der Waals surface area contributed by atoms with Gasteiger partial charge in [0.2, 0.25) is 5.91 Å². The van der Waals surface area contributed by atoms with E-state index in [1.54, 1.807) is 0 Å². The number of hydrogen-bond donors (Lipinski definition) is 1. The Labute approximate surface area is 178 Å². The van der Waals surface area contributed by atoms with Gasteiger partial charge in [0.25, 0.3) is 0 Å². The highest BCUT2D eigenvalue weighted by Crippen LogP contribution is 2.32. The fraction of sp³-hybridized carbons (Fsp3) is 0.458. The van der Waals surface area contributed by atoms with Gasteiger partial charge in [0.1, 0.15) is 13.2 Å². The summed E-state index contributed by atoms with van der Waals surface area (Å²) in [5, 5.41) is 3.12. The third-order valence-electron chi connectivity index (χ3n) is 5.93. The van der Waals surface area contributed by atoms with Crippen molar-refractivity contribution >= 4 is 5.91 Å². The Balaban J connectivity index is 1.23. The zero-order chi connectivity index (χ0) is 20.9. The lowest BCUT2D eigenvalue weighted by molar-refractivity contribution is -0.123. The van der Waals surface area contributed by atoms with Crippen LogP contribution < -0.4 is 14.8 Å². The Morgan fingerprint density at radius 3 is 2.47 bits per heavy atom. The fourth-order valence-electron chi connectivity index (χ4n) is 4.04. The van der Waals surface area contributed by atoms with Gasteiger partial charge < -0.3 is 14.8 Å². The SMILES string of the molecule is Cc1ccccc1CN1CCN(CC(=O)N[C@H](C)c2ccc3c(c2)OCCO3)CC1. The molecule has 0 spiro atoms. The van der Waals surface area contributed by atoms with Crippen LogP contribution >= 0.6 is 0 Å². The standard InChI is InChI=1S/C24H31N3O3/c1-18-5-3-4-6-21(18)16-26-9-11-27(12-10-26)17-24(28)25-19(2)20-7-8-22-23(15-20)30-14-13-29-22/h3-8,15,19H,9-14,16-17H2,1-2H3,(H,25,28)/t19-/m1/s1. The summed E-state index contributed by atoms with van der Waals surface area (Å²) in [5.41, 5.74) is 3.75. The molecule has 2 aliphatic rings. The van der Waals surface area contributed by atoms with Crippen molar-refractivity contribution in [2.24, 2.45) is 0 Å². The molecule has 0 bridgehead atoms. The van der Waals surface area contributed by atoms with Gasteiger partial charge in [-0.05, 0) is 42.7 Å². The van der Waals surface area contributed by atoms with Gasteiger partial charge in [-0.1, -0.05) is 30.3 Å². The first-order valence-electron chi connectivity index (χ1n) is 10.8. The predicted molar refractivity (Wildman–Crippen MR) is 117 cm³/mol. The molecule has 0 radical (unpaired) electrons. The minimum atomic E-state index is -0.0735. The largest absolute Gasteiger partial charge is 0.486 e. The maximum atomic E-state index is 12.6. The number of rotatable bonds is 6. The molecule has 0 aromatic heterocycles. The number of amides is 1. The fourth-order valence-corrected chi connectivity index (χ4v) is 4.04. The number of carbonyl (C=O) groups is 1. The molecule has 4 rings (SSSR count). The number of nitrogens with zero attached hydrogens (tertiary/aromatic N) is 2. The average Bonchev–Trinajstić information content (AvgIpc) is 2.76. The molecule has 1 amide bonds. The molecule has 6 nitrogen and oxygen atoms in total. The van der Waals surface area contributed by atoms with Crippen LogP contribution in [0.5, 0.6) is 11.5 Å². The Morgan fingerprint density at radius 1 is 1.00 bits per heavy atom. The zero-order valence-corrected chi connectivity index (χ0v) is 17.9. The van der Waals surface area contributed by atoms with E-state index in [1.807, 2.05) is 25.1 Å². The van der Waals surface area contributed by atoms with Gasteiger partial charge in [-0.2, -0.15) is 0 Å². The maximum absolute atomic E-state index is 12.6. The van der Waals surface area contributed by atoms with E-state index in [1.165, 1.54) is 11.1 Å². The molecule has 160 valence electrons. The highest BCUT2D eigenvalue weighted by molar-refractivity contribution is 5.78. The summed E-state index contributed by atoms with van der Waals surface area (Å²) in [5.74, 6) is 1.58. The Hall–Kier alpha value is -2.57. The van der Waals surface area contributed by atoms with E-state index in [0.29, 0.717) is 19.8 Å². The van der Waals surface area contributed by atoms with E-state index >= 15 is 0 Å². The van der Waals surface area contributed by atoms with Gasteiger partial charge in [0.05, 0.1) is 12.6 Å². The number of carbonyl (C=O) groups excluding carboxylic acids is 1. The van der Waals surface area contributed by atoms with E-state index in [9.17, 15) is 4.79 Å². The van der Waals surface area contributed by atoms with Crippen LogP contribution in [0.15, 0.2) is 42.5 Å². The number of aryl methyl sites for hydroxylation is 1. The summed E-state index contributed by atoms with van der Waals surface area (Å²) < 4.78 is 11.2. The zero-order valence-electron chi connectivity index (χ0n) is 17.9. The Bertz CT molecular complexity index is 878. The molecule has 2 aromatic carbocycles. The first kappa shape index (κ1) is 20.7. The first-order chi connectivity index (χ1) is 14.6. The van der Waals surface area contributed by atoms with Crippen molar-refractivity contribution in [3.05, 3.63) is 59.2 Å². The summed E-state index contributed by atoms with van der Waals surface area (Å²) >= 11 is 0. The molecule has 2 heterocycles. The lowest BCUT2D eigenvalue weighted by atomic mass is 10.1. The van der Waals surface area contributed by atoms with Crippen LogP contribution in [-0.4, -0.2) is 61.6 Å². The van der Waals surface area contributed by atoms with E-state index in [-0.39, 0.29) is 11.9 Å². The van der Waals surface area contributed by atoms with E-state index in [2.05, 4.69) is 46.3 Å². The normalized spacial score (nSPS) is 18.1. The smallest absolute Gasteiger partial charge is 0.234 e. The molecular weight excluding hydrogens is 378 g/mol. The predicted octanol–water partition coefficient (Wildman–Crippen LogP) is 2.76. The molecule has 1 atom stereocenters.